The van der Waals surface area contributed by atoms with Gasteiger partial charge in [-0.05, 0) is 24.3 Å². The van der Waals surface area contributed by atoms with Crippen LogP contribution in [0.4, 0.5) is 0 Å². The van der Waals surface area contributed by atoms with Crippen molar-refractivity contribution in [3.63, 3.8) is 0 Å². The molecule has 0 spiro atoms. The van der Waals surface area contributed by atoms with Crippen molar-refractivity contribution >= 4 is 29.9 Å². The summed E-state index contributed by atoms with van der Waals surface area (Å²) in [5.74, 6) is 2.36. The van der Waals surface area contributed by atoms with Gasteiger partial charge in [0.05, 0.1) is 14.2 Å². The number of phenolic OH excluding ortho intramolecular Hbond substituents is 1. The maximum atomic E-state index is 9.92. The molecule has 136 valence electrons. The number of aliphatic imine (C=N–C) groups is 1. The second-order valence-electron chi connectivity index (χ2n) is 5.09. The molecule has 0 aromatic heterocycles. The van der Waals surface area contributed by atoms with Crippen LogP contribution < -0.4 is 20.1 Å². The van der Waals surface area contributed by atoms with E-state index in [9.17, 15) is 5.11 Å². The first-order valence-electron chi connectivity index (χ1n) is 7.60. The van der Waals surface area contributed by atoms with Crippen molar-refractivity contribution in [3.8, 4) is 17.2 Å². The van der Waals surface area contributed by atoms with E-state index in [4.69, 9.17) is 9.47 Å². The molecule has 0 aliphatic heterocycles. The Hall–Kier alpha value is -2.16. The van der Waals surface area contributed by atoms with Crippen molar-refractivity contribution in [3.05, 3.63) is 53.6 Å². The zero-order valence-electron chi connectivity index (χ0n) is 14.6. The fourth-order valence-electron chi connectivity index (χ4n) is 2.26. The lowest BCUT2D eigenvalue weighted by Crippen LogP contribution is -2.36. The first-order valence-corrected chi connectivity index (χ1v) is 7.60. The third kappa shape index (κ3) is 6.00. The van der Waals surface area contributed by atoms with Gasteiger partial charge in [0.1, 0.15) is 17.2 Å². The van der Waals surface area contributed by atoms with E-state index in [2.05, 4.69) is 15.6 Å². The number of guanidine groups is 1. The van der Waals surface area contributed by atoms with Crippen LogP contribution in [0.15, 0.2) is 47.5 Å². The summed E-state index contributed by atoms with van der Waals surface area (Å²) in [5.41, 5.74) is 1.77. The average molecular weight is 457 g/mol. The number of halogens is 1. The quantitative estimate of drug-likeness (QED) is 0.354. The van der Waals surface area contributed by atoms with Crippen LogP contribution >= 0.6 is 24.0 Å². The van der Waals surface area contributed by atoms with Crippen molar-refractivity contribution in [2.45, 2.75) is 13.1 Å². The van der Waals surface area contributed by atoms with E-state index < -0.39 is 0 Å². The minimum absolute atomic E-state index is 0. The largest absolute Gasteiger partial charge is 0.508 e. The van der Waals surface area contributed by atoms with Gasteiger partial charge in [-0.3, -0.25) is 4.99 Å². The van der Waals surface area contributed by atoms with E-state index in [0.29, 0.717) is 24.8 Å². The minimum atomic E-state index is 0. The summed E-state index contributed by atoms with van der Waals surface area (Å²) in [6.45, 7) is 1.00. The predicted molar refractivity (Wildman–Crippen MR) is 110 cm³/mol. The number of phenols is 1. The first kappa shape index (κ1) is 20.9. The summed E-state index contributed by atoms with van der Waals surface area (Å²) in [7, 11) is 4.94. The minimum Gasteiger partial charge on any atom is -0.508 e. The topological polar surface area (TPSA) is 75.1 Å². The number of nitrogens with zero attached hydrogens (tertiary/aromatic N) is 1. The van der Waals surface area contributed by atoms with E-state index in [0.717, 1.165) is 16.9 Å². The third-order valence-corrected chi connectivity index (χ3v) is 3.60. The number of nitrogens with one attached hydrogen (secondary N) is 2. The second-order valence-corrected chi connectivity index (χ2v) is 5.09. The molecule has 0 bridgehead atoms. The van der Waals surface area contributed by atoms with Crippen LogP contribution in [0.2, 0.25) is 0 Å². The molecule has 0 radical (unpaired) electrons. The fraction of sp³-hybridized carbons (Fsp3) is 0.278. The highest BCUT2D eigenvalue weighted by molar-refractivity contribution is 14.0. The molecule has 0 unspecified atom stereocenters. The zero-order valence-corrected chi connectivity index (χ0v) is 16.9. The lowest BCUT2D eigenvalue weighted by molar-refractivity contribution is 0.409. The molecule has 2 rings (SSSR count). The smallest absolute Gasteiger partial charge is 0.191 e. The first-order chi connectivity index (χ1) is 11.7. The van der Waals surface area contributed by atoms with Crippen molar-refractivity contribution in [1.29, 1.82) is 0 Å². The Kier molecular flexibility index (Phi) is 8.90. The van der Waals surface area contributed by atoms with Crippen LogP contribution in [-0.4, -0.2) is 32.3 Å². The Bertz CT molecular complexity index is 708. The zero-order chi connectivity index (χ0) is 17.4. The van der Waals surface area contributed by atoms with Crippen LogP contribution in [-0.2, 0) is 13.1 Å². The number of benzene rings is 2. The molecule has 0 fully saturated rings. The number of aromatic hydroxyl groups is 1. The lowest BCUT2D eigenvalue weighted by atomic mass is 10.2. The molecule has 0 aliphatic carbocycles. The van der Waals surface area contributed by atoms with Gasteiger partial charge in [-0.15, -0.1) is 24.0 Å². The molecule has 0 atom stereocenters. The molecular formula is C18H24IN3O3. The third-order valence-electron chi connectivity index (χ3n) is 3.60. The van der Waals surface area contributed by atoms with E-state index in [1.165, 1.54) is 0 Å². The Labute approximate surface area is 165 Å². The number of hydrogen-bond donors (Lipinski definition) is 3. The fourth-order valence-corrected chi connectivity index (χ4v) is 2.26. The molecule has 0 saturated heterocycles. The second kappa shape index (κ2) is 10.7. The summed E-state index contributed by atoms with van der Waals surface area (Å²) >= 11 is 0. The highest BCUT2D eigenvalue weighted by atomic mass is 127. The van der Waals surface area contributed by atoms with Gasteiger partial charge in [0, 0.05) is 31.3 Å². The highest BCUT2D eigenvalue weighted by Crippen LogP contribution is 2.22. The van der Waals surface area contributed by atoms with E-state index in [1.807, 2.05) is 24.3 Å². The molecule has 2 aromatic carbocycles. The Morgan fingerprint density at radius 2 is 1.68 bits per heavy atom. The maximum Gasteiger partial charge on any atom is 0.191 e. The normalized spacial score (nSPS) is 10.6. The van der Waals surface area contributed by atoms with Crippen LogP contribution in [0.1, 0.15) is 11.1 Å². The van der Waals surface area contributed by atoms with E-state index in [-0.39, 0.29) is 29.7 Å². The maximum absolute atomic E-state index is 9.92. The Morgan fingerprint density at radius 3 is 2.32 bits per heavy atom. The number of ether oxygens (including phenoxy) is 2. The number of methoxy groups -OCH3 is 2. The van der Waals surface area contributed by atoms with Gasteiger partial charge in [-0.25, -0.2) is 0 Å². The van der Waals surface area contributed by atoms with Gasteiger partial charge in [-0.2, -0.15) is 0 Å². The van der Waals surface area contributed by atoms with Crippen molar-refractivity contribution in [2.75, 3.05) is 21.3 Å². The molecule has 7 heteroatoms. The molecule has 0 heterocycles. The predicted octanol–water partition coefficient (Wildman–Crippen LogP) is 2.89. The Morgan fingerprint density at radius 1 is 1.00 bits per heavy atom. The summed E-state index contributed by atoms with van der Waals surface area (Å²) in [6.07, 6.45) is 0. The molecule has 3 N–H and O–H groups in total. The summed E-state index contributed by atoms with van der Waals surface area (Å²) in [6, 6.07) is 12.9. The summed E-state index contributed by atoms with van der Waals surface area (Å²) < 4.78 is 10.5. The van der Waals surface area contributed by atoms with Crippen molar-refractivity contribution < 1.29 is 14.6 Å². The summed E-state index contributed by atoms with van der Waals surface area (Å²) in [5, 5.41) is 16.3. The molecule has 0 amide bonds. The number of hydrogen-bond acceptors (Lipinski definition) is 4. The van der Waals surface area contributed by atoms with Gasteiger partial charge < -0.3 is 25.2 Å². The van der Waals surface area contributed by atoms with E-state index >= 15 is 0 Å². The van der Waals surface area contributed by atoms with Crippen LogP contribution in [0.3, 0.4) is 0 Å². The molecule has 0 saturated carbocycles. The van der Waals surface area contributed by atoms with Crippen LogP contribution in [0, 0.1) is 0 Å². The monoisotopic (exact) mass is 457 g/mol. The molecule has 2 aromatic rings. The lowest BCUT2D eigenvalue weighted by Gasteiger charge is -2.14. The van der Waals surface area contributed by atoms with Gasteiger partial charge in [-0.1, -0.05) is 18.2 Å². The average Bonchev–Trinajstić information content (AvgIpc) is 2.63. The molecule has 25 heavy (non-hydrogen) atoms. The summed E-state index contributed by atoms with van der Waals surface area (Å²) in [4.78, 5) is 4.19. The number of para-hydroxylation sites is 1. The van der Waals surface area contributed by atoms with Crippen LogP contribution in [0.25, 0.3) is 0 Å². The number of rotatable bonds is 6. The Balaban J connectivity index is 0.00000312. The molecular weight excluding hydrogens is 433 g/mol. The highest BCUT2D eigenvalue weighted by Gasteiger charge is 2.06. The van der Waals surface area contributed by atoms with E-state index in [1.54, 1.807) is 39.5 Å². The van der Waals surface area contributed by atoms with Gasteiger partial charge in [0.2, 0.25) is 0 Å². The SMILES string of the molecule is CN=C(NCc1cc(OC)ccc1O)NCc1ccccc1OC.I. The van der Waals surface area contributed by atoms with Gasteiger partial charge >= 0.3 is 0 Å². The molecule has 0 aliphatic rings. The molecule has 6 nitrogen and oxygen atoms in total. The van der Waals surface area contributed by atoms with Crippen molar-refractivity contribution in [1.82, 2.24) is 10.6 Å². The standard InChI is InChI=1S/C18H23N3O3.HI/c1-19-18(20-11-13-6-4-5-7-17(13)24-3)21-12-14-10-15(23-2)8-9-16(14)22;/h4-10,22H,11-12H2,1-3H3,(H2,19,20,21);1H. The van der Waals surface area contributed by atoms with Gasteiger partial charge in [0.25, 0.3) is 0 Å². The van der Waals surface area contributed by atoms with Crippen LogP contribution in [0.5, 0.6) is 17.2 Å². The van der Waals surface area contributed by atoms with Crippen molar-refractivity contribution in [2.24, 2.45) is 4.99 Å². The van der Waals surface area contributed by atoms with Gasteiger partial charge in [0.15, 0.2) is 5.96 Å².